The van der Waals surface area contributed by atoms with Gasteiger partial charge in [0.2, 0.25) is 5.91 Å². The molecule has 1 atom stereocenters. The van der Waals surface area contributed by atoms with Gasteiger partial charge in [0.1, 0.15) is 0 Å². The fraction of sp³-hybridized carbons (Fsp3) is 0.500. The van der Waals surface area contributed by atoms with Crippen molar-refractivity contribution in [1.82, 2.24) is 5.32 Å². The molecule has 0 saturated heterocycles. The lowest BCUT2D eigenvalue weighted by atomic mass is 10.1. The second-order valence-corrected chi connectivity index (χ2v) is 4.76. The van der Waals surface area contributed by atoms with Crippen LogP contribution in [0.3, 0.4) is 0 Å². The highest BCUT2D eigenvalue weighted by Gasteiger charge is 2.26. The number of aryl methyl sites for hydroxylation is 1. The average molecular weight is 325 g/mol. The molecule has 0 aliphatic rings. The first kappa shape index (κ1) is 19.7. The molecule has 120 valence electrons. The van der Waals surface area contributed by atoms with E-state index in [-0.39, 0.29) is 30.7 Å². The lowest BCUT2D eigenvalue weighted by Gasteiger charge is -2.12. The molecule has 0 spiro atoms. The van der Waals surface area contributed by atoms with Crippen molar-refractivity contribution in [2.24, 2.45) is 5.92 Å². The molecule has 1 aromatic carbocycles. The van der Waals surface area contributed by atoms with E-state index in [1.165, 1.54) is 0 Å². The molecule has 1 rings (SSSR count). The van der Waals surface area contributed by atoms with Crippen LogP contribution in [0, 0.1) is 5.92 Å². The third-order valence-corrected chi connectivity index (χ3v) is 2.88. The van der Waals surface area contributed by atoms with E-state index in [1.54, 1.807) is 38.2 Å². The Morgan fingerprint density at radius 1 is 1.24 bits per heavy atom. The van der Waals surface area contributed by atoms with Gasteiger partial charge in [-0.1, -0.05) is 19.1 Å². The molecular formula is C14H20ClF3N2O. The molecule has 7 heteroatoms. The van der Waals surface area contributed by atoms with E-state index in [4.69, 9.17) is 0 Å². The highest BCUT2D eigenvalue weighted by molar-refractivity contribution is 5.92. The molecule has 3 nitrogen and oxygen atoms in total. The van der Waals surface area contributed by atoms with Gasteiger partial charge in [-0.25, -0.2) is 0 Å². The van der Waals surface area contributed by atoms with Gasteiger partial charge in [0.25, 0.3) is 0 Å². The first-order valence-electron chi connectivity index (χ1n) is 6.43. The molecule has 0 fully saturated rings. The highest BCUT2D eigenvalue weighted by atomic mass is 35.5. The zero-order chi connectivity index (χ0) is 15.2. The Morgan fingerprint density at radius 2 is 1.81 bits per heavy atom. The maximum absolute atomic E-state index is 12.1. The molecule has 1 unspecified atom stereocenters. The summed E-state index contributed by atoms with van der Waals surface area (Å²) in [5.74, 6) is -0.299. The fourth-order valence-corrected chi connectivity index (χ4v) is 1.71. The molecule has 0 heterocycles. The SMILES string of the molecule is CNCC(C)C(=O)Nc1ccc(CCC(F)(F)F)cc1.Cl. The Hall–Kier alpha value is -1.27. The van der Waals surface area contributed by atoms with Gasteiger partial charge >= 0.3 is 6.18 Å². The van der Waals surface area contributed by atoms with Gasteiger partial charge in [-0.2, -0.15) is 13.2 Å². The number of halogens is 4. The molecule has 0 bridgehead atoms. The normalized spacial score (nSPS) is 12.4. The summed E-state index contributed by atoms with van der Waals surface area (Å²) in [7, 11) is 1.76. The van der Waals surface area contributed by atoms with Crippen molar-refractivity contribution in [2.45, 2.75) is 25.9 Å². The molecule has 21 heavy (non-hydrogen) atoms. The fourth-order valence-electron chi connectivity index (χ4n) is 1.71. The summed E-state index contributed by atoms with van der Waals surface area (Å²) in [5, 5.41) is 5.63. The molecular weight excluding hydrogens is 305 g/mol. The van der Waals surface area contributed by atoms with Crippen LogP contribution in [0.1, 0.15) is 18.9 Å². The van der Waals surface area contributed by atoms with Crippen LogP contribution in [0.25, 0.3) is 0 Å². The minimum atomic E-state index is -4.14. The molecule has 2 N–H and O–H groups in total. The summed E-state index contributed by atoms with van der Waals surface area (Å²) in [5.41, 5.74) is 1.19. The first-order valence-corrected chi connectivity index (χ1v) is 6.43. The first-order chi connectivity index (χ1) is 9.31. The Balaban J connectivity index is 0.00000400. The standard InChI is InChI=1S/C14H19F3N2O.ClH/c1-10(9-18-2)13(20)19-12-5-3-11(4-6-12)7-8-14(15,16)17;/h3-6,10,18H,7-9H2,1-2H3,(H,19,20);1H. The third-order valence-electron chi connectivity index (χ3n) is 2.88. The van der Waals surface area contributed by atoms with Gasteiger partial charge < -0.3 is 10.6 Å². The molecule has 0 aliphatic carbocycles. The van der Waals surface area contributed by atoms with Crippen molar-refractivity contribution in [2.75, 3.05) is 18.9 Å². The van der Waals surface area contributed by atoms with E-state index in [1.807, 2.05) is 0 Å². The molecule has 1 amide bonds. The second kappa shape index (κ2) is 8.89. The molecule has 1 aromatic rings. The number of carbonyl (C=O) groups excluding carboxylic acids is 1. The summed E-state index contributed by atoms with van der Waals surface area (Å²) in [6, 6.07) is 6.44. The van der Waals surface area contributed by atoms with Crippen LogP contribution in [-0.2, 0) is 11.2 Å². The zero-order valence-electron chi connectivity index (χ0n) is 12.0. The van der Waals surface area contributed by atoms with E-state index in [0.717, 1.165) is 0 Å². The van der Waals surface area contributed by atoms with E-state index < -0.39 is 12.6 Å². The summed E-state index contributed by atoms with van der Waals surface area (Å²) in [4.78, 5) is 11.7. The minimum Gasteiger partial charge on any atom is -0.326 e. The number of benzene rings is 1. The lowest BCUT2D eigenvalue weighted by molar-refractivity contribution is -0.134. The second-order valence-electron chi connectivity index (χ2n) is 4.76. The highest BCUT2D eigenvalue weighted by Crippen LogP contribution is 2.22. The Morgan fingerprint density at radius 3 is 2.29 bits per heavy atom. The number of amides is 1. The van der Waals surface area contributed by atoms with Crippen molar-refractivity contribution in [3.8, 4) is 0 Å². The van der Waals surface area contributed by atoms with Crippen LogP contribution in [-0.4, -0.2) is 25.7 Å². The van der Waals surface area contributed by atoms with Crippen LogP contribution >= 0.6 is 12.4 Å². The van der Waals surface area contributed by atoms with Crippen LogP contribution in [0.5, 0.6) is 0 Å². The quantitative estimate of drug-likeness (QED) is 0.842. The Labute approximate surface area is 128 Å². The van der Waals surface area contributed by atoms with Gasteiger partial charge in [-0.15, -0.1) is 12.4 Å². The van der Waals surface area contributed by atoms with E-state index in [9.17, 15) is 18.0 Å². The number of nitrogens with one attached hydrogen (secondary N) is 2. The molecule has 0 aliphatic heterocycles. The minimum absolute atomic E-state index is 0. The van der Waals surface area contributed by atoms with Crippen molar-refractivity contribution in [3.63, 3.8) is 0 Å². The number of alkyl halides is 3. The summed E-state index contributed by atoms with van der Waals surface area (Å²) in [6.07, 6.45) is -5.03. The zero-order valence-corrected chi connectivity index (χ0v) is 12.8. The predicted octanol–water partition coefficient (Wildman–Crippen LogP) is 3.40. The number of hydrogen-bond acceptors (Lipinski definition) is 2. The lowest BCUT2D eigenvalue weighted by Crippen LogP contribution is -2.28. The van der Waals surface area contributed by atoms with Gasteiger partial charge in [0.15, 0.2) is 0 Å². The number of anilines is 1. The summed E-state index contributed by atoms with van der Waals surface area (Å²) >= 11 is 0. The monoisotopic (exact) mass is 324 g/mol. The Kier molecular flexibility index (Phi) is 8.36. The molecule has 0 aromatic heterocycles. The smallest absolute Gasteiger partial charge is 0.326 e. The predicted molar refractivity (Wildman–Crippen MR) is 79.8 cm³/mol. The van der Waals surface area contributed by atoms with E-state index in [2.05, 4.69) is 10.6 Å². The maximum Gasteiger partial charge on any atom is 0.389 e. The van der Waals surface area contributed by atoms with Crippen molar-refractivity contribution < 1.29 is 18.0 Å². The largest absolute Gasteiger partial charge is 0.389 e. The average Bonchev–Trinajstić information content (AvgIpc) is 2.37. The van der Waals surface area contributed by atoms with Crippen molar-refractivity contribution in [1.29, 1.82) is 0 Å². The van der Waals surface area contributed by atoms with Crippen LogP contribution in [0.2, 0.25) is 0 Å². The maximum atomic E-state index is 12.1. The van der Waals surface area contributed by atoms with Gasteiger partial charge in [0.05, 0.1) is 0 Å². The Bertz CT molecular complexity index is 435. The number of rotatable bonds is 6. The summed E-state index contributed by atoms with van der Waals surface area (Å²) < 4.78 is 36.3. The number of hydrogen-bond donors (Lipinski definition) is 2. The topological polar surface area (TPSA) is 41.1 Å². The van der Waals surface area contributed by atoms with Gasteiger partial charge in [-0.3, -0.25) is 4.79 Å². The van der Waals surface area contributed by atoms with Gasteiger partial charge in [-0.05, 0) is 31.2 Å². The van der Waals surface area contributed by atoms with E-state index in [0.29, 0.717) is 17.8 Å². The van der Waals surface area contributed by atoms with Crippen LogP contribution in [0.15, 0.2) is 24.3 Å². The van der Waals surface area contributed by atoms with Crippen molar-refractivity contribution >= 4 is 24.0 Å². The molecule has 0 saturated carbocycles. The molecule has 0 radical (unpaired) electrons. The van der Waals surface area contributed by atoms with Gasteiger partial charge in [0, 0.05) is 24.6 Å². The van der Waals surface area contributed by atoms with Crippen molar-refractivity contribution in [3.05, 3.63) is 29.8 Å². The summed E-state index contributed by atoms with van der Waals surface area (Å²) in [6.45, 7) is 2.36. The van der Waals surface area contributed by atoms with Crippen LogP contribution in [0.4, 0.5) is 18.9 Å². The van der Waals surface area contributed by atoms with E-state index >= 15 is 0 Å². The third kappa shape index (κ3) is 7.92. The number of carbonyl (C=O) groups is 1. The van der Waals surface area contributed by atoms with Crippen LogP contribution < -0.4 is 10.6 Å².